The van der Waals surface area contributed by atoms with Crippen LogP contribution in [-0.2, 0) is 4.74 Å². The maximum atomic E-state index is 5.40. The highest BCUT2D eigenvalue weighted by Crippen LogP contribution is 1.86. The van der Waals surface area contributed by atoms with Crippen LogP contribution in [-0.4, -0.2) is 51.3 Å². The molecule has 0 aromatic heterocycles. The normalized spacial score (nSPS) is 11.0. The molecule has 3 heteroatoms. The van der Waals surface area contributed by atoms with Gasteiger partial charge in [0.25, 0.3) is 0 Å². The highest BCUT2D eigenvalue weighted by Gasteiger charge is 1.96. The zero-order valence-electron chi connectivity index (χ0n) is 8.60. The summed E-state index contributed by atoms with van der Waals surface area (Å²) in [6.07, 6.45) is 0. The van der Waals surface area contributed by atoms with Crippen LogP contribution in [0.4, 0.5) is 0 Å². The van der Waals surface area contributed by atoms with Crippen molar-refractivity contribution in [2.45, 2.75) is 13.8 Å². The number of nitrogens with one attached hydrogen (secondary N) is 1. The topological polar surface area (TPSA) is 24.5 Å². The van der Waals surface area contributed by atoms with Gasteiger partial charge < -0.3 is 15.0 Å². The van der Waals surface area contributed by atoms with Crippen LogP contribution in [0.3, 0.4) is 0 Å². The monoisotopic (exact) mass is 174 g/mol. The Hall–Kier alpha value is -0.120. The van der Waals surface area contributed by atoms with Gasteiger partial charge in [-0.1, -0.05) is 13.8 Å². The van der Waals surface area contributed by atoms with E-state index in [9.17, 15) is 0 Å². The van der Waals surface area contributed by atoms with Gasteiger partial charge in [-0.15, -0.1) is 0 Å². The van der Waals surface area contributed by atoms with E-state index in [0.717, 1.165) is 39.4 Å². The zero-order chi connectivity index (χ0) is 9.23. The number of hydrogen-bond acceptors (Lipinski definition) is 3. The average Bonchev–Trinajstić information content (AvgIpc) is 2.11. The van der Waals surface area contributed by atoms with Gasteiger partial charge in [-0.05, 0) is 20.1 Å². The fourth-order valence-corrected chi connectivity index (χ4v) is 1.01. The van der Waals surface area contributed by atoms with Gasteiger partial charge in [0.2, 0.25) is 0 Å². The highest BCUT2D eigenvalue weighted by molar-refractivity contribution is 4.50. The summed E-state index contributed by atoms with van der Waals surface area (Å²) in [4.78, 5) is 2.36. The van der Waals surface area contributed by atoms with Crippen molar-refractivity contribution in [2.75, 3.05) is 46.4 Å². The Balaban J connectivity index is 3.06. The molecule has 0 aromatic carbocycles. The molecule has 0 aliphatic carbocycles. The molecule has 74 valence electrons. The van der Waals surface area contributed by atoms with Gasteiger partial charge in [0, 0.05) is 13.1 Å². The third-order valence-electron chi connectivity index (χ3n) is 1.94. The number of rotatable bonds is 8. The molecule has 0 aromatic rings. The molecule has 0 radical (unpaired) electrons. The molecular weight excluding hydrogens is 152 g/mol. The van der Waals surface area contributed by atoms with Gasteiger partial charge in [-0.25, -0.2) is 0 Å². The lowest BCUT2D eigenvalue weighted by atomic mass is 10.5. The van der Waals surface area contributed by atoms with Crippen LogP contribution < -0.4 is 5.32 Å². The lowest BCUT2D eigenvalue weighted by molar-refractivity contribution is 0.109. The minimum Gasteiger partial charge on any atom is -0.379 e. The standard InChI is InChI=1S/C9H22N2O/c1-4-11(5-2)7-9-12-8-6-10-3/h10H,4-9H2,1-3H3. The van der Waals surface area contributed by atoms with Gasteiger partial charge in [0.05, 0.1) is 13.2 Å². The van der Waals surface area contributed by atoms with E-state index in [4.69, 9.17) is 4.74 Å². The molecule has 0 bridgehead atoms. The molecule has 0 unspecified atom stereocenters. The molecule has 0 atom stereocenters. The number of likely N-dealkylation sites (N-methyl/N-ethyl adjacent to an activating group) is 2. The van der Waals surface area contributed by atoms with Crippen LogP contribution in [0.1, 0.15) is 13.8 Å². The zero-order valence-corrected chi connectivity index (χ0v) is 8.60. The Bertz CT molecular complexity index is 84.6. The quantitative estimate of drug-likeness (QED) is 0.544. The molecule has 0 aliphatic rings. The summed E-state index contributed by atoms with van der Waals surface area (Å²) in [5.74, 6) is 0. The molecule has 0 fully saturated rings. The highest BCUT2D eigenvalue weighted by atomic mass is 16.5. The SMILES string of the molecule is CCN(CC)CCOCCNC. The van der Waals surface area contributed by atoms with E-state index in [-0.39, 0.29) is 0 Å². The van der Waals surface area contributed by atoms with Crippen LogP contribution in [0.25, 0.3) is 0 Å². The number of ether oxygens (including phenoxy) is 1. The molecule has 3 nitrogen and oxygen atoms in total. The van der Waals surface area contributed by atoms with Gasteiger partial charge >= 0.3 is 0 Å². The van der Waals surface area contributed by atoms with E-state index < -0.39 is 0 Å². The second kappa shape index (κ2) is 8.97. The summed E-state index contributed by atoms with van der Waals surface area (Å²) in [7, 11) is 1.94. The van der Waals surface area contributed by atoms with Crippen molar-refractivity contribution >= 4 is 0 Å². The summed E-state index contributed by atoms with van der Waals surface area (Å²) in [5, 5.41) is 3.05. The fourth-order valence-electron chi connectivity index (χ4n) is 1.01. The van der Waals surface area contributed by atoms with Crippen LogP contribution >= 0.6 is 0 Å². The summed E-state index contributed by atoms with van der Waals surface area (Å²) >= 11 is 0. The second-order valence-electron chi connectivity index (χ2n) is 2.74. The summed E-state index contributed by atoms with van der Waals surface area (Å²) in [5.41, 5.74) is 0. The Labute approximate surface area is 76.1 Å². The maximum Gasteiger partial charge on any atom is 0.0594 e. The summed E-state index contributed by atoms with van der Waals surface area (Å²) < 4.78 is 5.40. The Kier molecular flexibility index (Phi) is 8.88. The van der Waals surface area contributed by atoms with Crippen LogP contribution in [0.15, 0.2) is 0 Å². The first-order valence-electron chi connectivity index (χ1n) is 4.79. The van der Waals surface area contributed by atoms with E-state index in [0.29, 0.717) is 0 Å². The lowest BCUT2D eigenvalue weighted by Crippen LogP contribution is -2.28. The Morgan fingerprint density at radius 1 is 1.17 bits per heavy atom. The van der Waals surface area contributed by atoms with Crippen molar-refractivity contribution in [2.24, 2.45) is 0 Å². The molecule has 0 heterocycles. The molecule has 12 heavy (non-hydrogen) atoms. The third-order valence-corrected chi connectivity index (χ3v) is 1.94. The molecule has 0 saturated carbocycles. The predicted molar refractivity (Wildman–Crippen MR) is 52.5 cm³/mol. The van der Waals surface area contributed by atoms with Gasteiger partial charge in [0.15, 0.2) is 0 Å². The van der Waals surface area contributed by atoms with Crippen molar-refractivity contribution in [1.29, 1.82) is 0 Å². The Morgan fingerprint density at radius 2 is 1.83 bits per heavy atom. The van der Waals surface area contributed by atoms with Gasteiger partial charge in [0.1, 0.15) is 0 Å². The lowest BCUT2D eigenvalue weighted by Gasteiger charge is -2.17. The minimum absolute atomic E-state index is 0.817. The number of nitrogens with zero attached hydrogens (tertiary/aromatic N) is 1. The number of hydrogen-bond donors (Lipinski definition) is 1. The molecule has 0 aliphatic heterocycles. The second-order valence-corrected chi connectivity index (χ2v) is 2.74. The van der Waals surface area contributed by atoms with Crippen molar-refractivity contribution in [3.8, 4) is 0 Å². The molecule has 0 saturated heterocycles. The van der Waals surface area contributed by atoms with E-state index in [2.05, 4.69) is 24.1 Å². The first-order valence-corrected chi connectivity index (χ1v) is 4.79. The summed E-state index contributed by atoms with van der Waals surface area (Å²) in [6.45, 7) is 10.3. The van der Waals surface area contributed by atoms with Crippen molar-refractivity contribution in [3.63, 3.8) is 0 Å². The molecule has 1 N–H and O–H groups in total. The maximum absolute atomic E-state index is 5.40. The van der Waals surface area contributed by atoms with Crippen molar-refractivity contribution in [3.05, 3.63) is 0 Å². The van der Waals surface area contributed by atoms with Gasteiger partial charge in [-0.3, -0.25) is 0 Å². The van der Waals surface area contributed by atoms with Crippen molar-refractivity contribution in [1.82, 2.24) is 10.2 Å². The summed E-state index contributed by atoms with van der Waals surface area (Å²) in [6, 6.07) is 0. The fraction of sp³-hybridized carbons (Fsp3) is 1.00. The average molecular weight is 174 g/mol. The Morgan fingerprint density at radius 3 is 2.33 bits per heavy atom. The molecular formula is C9H22N2O. The predicted octanol–water partition coefficient (Wildman–Crippen LogP) is 0.564. The van der Waals surface area contributed by atoms with Crippen LogP contribution in [0.2, 0.25) is 0 Å². The van der Waals surface area contributed by atoms with E-state index in [1.54, 1.807) is 0 Å². The van der Waals surface area contributed by atoms with E-state index in [1.807, 2.05) is 7.05 Å². The van der Waals surface area contributed by atoms with E-state index in [1.165, 1.54) is 0 Å². The first kappa shape index (κ1) is 11.9. The van der Waals surface area contributed by atoms with Crippen LogP contribution in [0.5, 0.6) is 0 Å². The van der Waals surface area contributed by atoms with Gasteiger partial charge in [-0.2, -0.15) is 0 Å². The smallest absolute Gasteiger partial charge is 0.0594 e. The van der Waals surface area contributed by atoms with E-state index >= 15 is 0 Å². The molecule has 0 spiro atoms. The van der Waals surface area contributed by atoms with Crippen molar-refractivity contribution < 1.29 is 4.74 Å². The first-order chi connectivity index (χ1) is 5.85. The van der Waals surface area contributed by atoms with Crippen LogP contribution in [0, 0.1) is 0 Å². The largest absolute Gasteiger partial charge is 0.379 e. The minimum atomic E-state index is 0.817. The molecule has 0 amide bonds. The third kappa shape index (κ3) is 6.58. The molecule has 0 rings (SSSR count).